The summed E-state index contributed by atoms with van der Waals surface area (Å²) in [6.45, 7) is 3.98. The summed E-state index contributed by atoms with van der Waals surface area (Å²) < 4.78 is 2.26. The number of nitrogens with two attached hydrogens (primary N) is 1. The number of hydrogen-bond donors (Lipinski definition) is 2. The topological polar surface area (TPSA) is 60.0 Å². The third-order valence-electron chi connectivity index (χ3n) is 3.70. The molecular formula is C18H17N3OS2. The van der Waals surface area contributed by atoms with E-state index < -0.39 is 0 Å². The van der Waals surface area contributed by atoms with Crippen molar-refractivity contribution >= 4 is 41.0 Å². The van der Waals surface area contributed by atoms with Crippen molar-refractivity contribution in [1.29, 1.82) is 0 Å². The Morgan fingerprint density at radius 3 is 2.54 bits per heavy atom. The highest BCUT2D eigenvalue weighted by atomic mass is 32.1. The quantitative estimate of drug-likeness (QED) is 0.668. The average Bonchev–Trinajstić information content (AvgIpc) is 2.85. The molecule has 1 amide bonds. The highest BCUT2D eigenvalue weighted by Gasteiger charge is 2.18. The van der Waals surface area contributed by atoms with E-state index in [4.69, 9.17) is 18.0 Å². The molecule has 3 aromatic rings. The molecule has 0 spiro atoms. The Kier molecular flexibility index (Phi) is 4.51. The van der Waals surface area contributed by atoms with Gasteiger partial charge in [0.2, 0.25) is 0 Å². The number of nitrogens with zero attached hydrogens (tertiary/aromatic N) is 1. The van der Waals surface area contributed by atoms with Crippen molar-refractivity contribution in [2.45, 2.75) is 13.8 Å². The van der Waals surface area contributed by atoms with Gasteiger partial charge in [0.25, 0.3) is 5.91 Å². The lowest BCUT2D eigenvalue weighted by Gasteiger charge is -2.09. The molecule has 4 nitrogen and oxygen atoms in total. The van der Waals surface area contributed by atoms with E-state index in [-0.39, 0.29) is 5.91 Å². The van der Waals surface area contributed by atoms with Gasteiger partial charge in [0.05, 0.1) is 0 Å². The van der Waals surface area contributed by atoms with Crippen LogP contribution in [0, 0.1) is 17.8 Å². The fourth-order valence-electron chi connectivity index (χ4n) is 2.50. The number of amides is 1. The number of hydrogen-bond acceptors (Lipinski definition) is 4. The Balaban J connectivity index is 1.96. The lowest BCUT2D eigenvalue weighted by Crippen LogP contribution is -2.14. The maximum atomic E-state index is 12.6. The number of nitrogens with one attached hydrogen (secondary N) is 1. The molecule has 0 aliphatic heterocycles. The van der Waals surface area contributed by atoms with Gasteiger partial charge in [-0.2, -0.15) is 0 Å². The Morgan fingerprint density at radius 2 is 1.88 bits per heavy atom. The second-order valence-corrected chi connectivity index (χ2v) is 7.17. The summed E-state index contributed by atoms with van der Waals surface area (Å²) in [6, 6.07) is 15.4. The number of nitrogen functional groups attached to an aromatic ring is 1. The molecule has 0 bridgehead atoms. The fourth-order valence-corrected chi connectivity index (χ4v) is 3.77. The van der Waals surface area contributed by atoms with Crippen molar-refractivity contribution in [3.63, 3.8) is 0 Å². The number of aryl methyl sites for hydroxylation is 2. The van der Waals surface area contributed by atoms with Gasteiger partial charge in [0, 0.05) is 11.4 Å². The summed E-state index contributed by atoms with van der Waals surface area (Å²) in [5.41, 5.74) is 9.98. The zero-order valence-electron chi connectivity index (χ0n) is 13.4. The monoisotopic (exact) mass is 355 g/mol. The fraction of sp³-hybridized carbons (Fsp3) is 0.111. The second-order valence-electron chi connectivity index (χ2n) is 5.53. The first kappa shape index (κ1) is 16.4. The number of para-hydroxylation sites is 1. The number of anilines is 2. The first-order chi connectivity index (χ1) is 11.5. The largest absolute Gasteiger partial charge is 0.383 e. The van der Waals surface area contributed by atoms with E-state index >= 15 is 0 Å². The molecule has 0 saturated carbocycles. The number of carbonyl (C=O) groups is 1. The molecular weight excluding hydrogens is 338 g/mol. The highest BCUT2D eigenvalue weighted by molar-refractivity contribution is 7.73. The first-order valence-corrected chi connectivity index (χ1v) is 8.65. The molecule has 2 aromatic carbocycles. The predicted molar refractivity (Wildman–Crippen MR) is 103 cm³/mol. The molecule has 1 heterocycles. The molecule has 3 rings (SSSR count). The molecule has 0 fully saturated rings. The van der Waals surface area contributed by atoms with Crippen LogP contribution in [0.25, 0.3) is 5.69 Å². The molecule has 0 atom stereocenters. The van der Waals surface area contributed by atoms with Crippen LogP contribution >= 0.6 is 23.6 Å². The van der Waals surface area contributed by atoms with Crippen molar-refractivity contribution in [2.24, 2.45) is 0 Å². The number of benzene rings is 2. The second kappa shape index (κ2) is 6.59. The summed E-state index contributed by atoms with van der Waals surface area (Å²) in [5, 5.41) is 2.92. The van der Waals surface area contributed by atoms with Crippen molar-refractivity contribution in [3.05, 3.63) is 68.5 Å². The van der Waals surface area contributed by atoms with E-state index in [0.29, 0.717) is 14.6 Å². The maximum absolute atomic E-state index is 12.6. The Morgan fingerprint density at radius 1 is 1.17 bits per heavy atom. The Bertz CT molecular complexity index is 958. The van der Waals surface area contributed by atoms with Gasteiger partial charge in [-0.15, -0.1) is 0 Å². The van der Waals surface area contributed by atoms with E-state index in [1.165, 1.54) is 11.3 Å². The van der Waals surface area contributed by atoms with Crippen LogP contribution in [0.1, 0.15) is 20.8 Å². The number of thiazole rings is 1. The van der Waals surface area contributed by atoms with Crippen LogP contribution in [-0.2, 0) is 0 Å². The molecule has 24 heavy (non-hydrogen) atoms. The minimum atomic E-state index is -0.245. The standard InChI is InChI=1S/C18H17N3OS2/c1-11-8-9-14(12(2)10-11)20-17(22)15-16(19)21(18(23)24-15)13-6-4-3-5-7-13/h3-10H,19H2,1-2H3,(H,20,22). The Hall–Kier alpha value is -2.44. The van der Waals surface area contributed by atoms with Gasteiger partial charge in [0.1, 0.15) is 10.7 Å². The predicted octanol–water partition coefficient (Wildman–Crippen LogP) is 4.72. The van der Waals surface area contributed by atoms with Crippen molar-refractivity contribution in [3.8, 4) is 5.69 Å². The minimum Gasteiger partial charge on any atom is -0.383 e. The van der Waals surface area contributed by atoms with Crippen molar-refractivity contribution in [2.75, 3.05) is 11.1 Å². The summed E-state index contributed by atoms with van der Waals surface area (Å²) in [7, 11) is 0. The van der Waals surface area contributed by atoms with Crippen LogP contribution < -0.4 is 11.1 Å². The van der Waals surface area contributed by atoms with Crippen molar-refractivity contribution < 1.29 is 4.79 Å². The molecule has 0 aliphatic rings. The third-order valence-corrected chi connectivity index (χ3v) is 5.08. The van der Waals surface area contributed by atoms with Gasteiger partial charge < -0.3 is 11.1 Å². The first-order valence-electron chi connectivity index (χ1n) is 7.42. The van der Waals surface area contributed by atoms with Crippen LogP contribution in [0.5, 0.6) is 0 Å². The van der Waals surface area contributed by atoms with E-state index in [9.17, 15) is 4.79 Å². The number of aromatic nitrogens is 1. The van der Waals surface area contributed by atoms with E-state index in [2.05, 4.69) is 5.32 Å². The van der Waals surface area contributed by atoms with Crippen molar-refractivity contribution in [1.82, 2.24) is 4.57 Å². The lowest BCUT2D eigenvalue weighted by atomic mass is 10.1. The molecule has 0 unspecified atom stereocenters. The zero-order valence-corrected chi connectivity index (χ0v) is 15.0. The van der Waals surface area contributed by atoms with E-state index in [1.807, 2.05) is 62.4 Å². The van der Waals surface area contributed by atoms with Gasteiger partial charge >= 0.3 is 0 Å². The van der Waals surface area contributed by atoms with Crippen LogP contribution in [0.15, 0.2) is 48.5 Å². The van der Waals surface area contributed by atoms with Gasteiger partial charge in [-0.05, 0) is 49.8 Å². The summed E-state index contributed by atoms with van der Waals surface area (Å²) >= 11 is 6.60. The van der Waals surface area contributed by atoms with Crippen LogP contribution in [-0.4, -0.2) is 10.5 Å². The van der Waals surface area contributed by atoms with Gasteiger partial charge in [-0.25, -0.2) is 0 Å². The highest BCUT2D eigenvalue weighted by Crippen LogP contribution is 2.27. The lowest BCUT2D eigenvalue weighted by molar-refractivity contribution is 0.103. The summed E-state index contributed by atoms with van der Waals surface area (Å²) in [6.07, 6.45) is 0. The minimum absolute atomic E-state index is 0.245. The molecule has 0 aliphatic carbocycles. The van der Waals surface area contributed by atoms with E-state index in [1.54, 1.807) is 4.57 Å². The number of rotatable bonds is 3. The molecule has 1 aromatic heterocycles. The maximum Gasteiger partial charge on any atom is 0.269 e. The van der Waals surface area contributed by atoms with Gasteiger partial charge in [0.15, 0.2) is 3.95 Å². The smallest absolute Gasteiger partial charge is 0.269 e. The molecule has 6 heteroatoms. The normalized spacial score (nSPS) is 10.6. The van der Waals surface area contributed by atoms with Crippen LogP contribution in [0.4, 0.5) is 11.5 Å². The zero-order chi connectivity index (χ0) is 17.3. The van der Waals surface area contributed by atoms with Crippen LogP contribution in [0.2, 0.25) is 0 Å². The SMILES string of the molecule is Cc1ccc(NC(=O)c2sc(=S)n(-c3ccccc3)c2N)c(C)c1. The average molecular weight is 355 g/mol. The molecule has 122 valence electrons. The molecule has 0 saturated heterocycles. The van der Waals surface area contributed by atoms with Gasteiger partial charge in [-0.3, -0.25) is 9.36 Å². The Labute approximate surface area is 149 Å². The van der Waals surface area contributed by atoms with Gasteiger partial charge in [-0.1, -0.05) is 47.2 Å². The molecule has 0 radical (unpaired) electrons. The number of carbonyl (C=O) groups excluding carboxylic acids is 1. The van der Waals surface area contributed by atoms with E-state index in [0.717, 1.165) is 22.5 Å². The molecule has 3 N–H and O–H groups in total. The van der Waals surface area contributed by atoms with Crippen LogP contribution in [0.3, 0.4) is 0 Å². The third kappa shape index (κ3) is 3.11. The summed E-state index contributed by atoms with van der Waals surface area (Å²) in [4.78, 5) is 13.0. The summed E-state index contributed by atoms with van der Waals surface area (Å²) in [5.74, 6) is 0.115.